The summed E-state index contributed by atoms with van der Waals surface area (Å²) in [6, 6.07) is 20.5. The molecule has 6 rings (SSSR count). The third-order valence-corrected chi connectivity index (χ3v) is 5.66. The molecule has 4 heterocycles. The van der Waals surface area contributed by atoms with Crippen molar-refractivity contribution >= 4 is 33.8 Å². The highest BCUT2D eigenvalue weighted by Gasteiger charge is 2.10. The Morgan fingerprint density at radius 3 is 1.52 bits per heavy atom. The molecule has 4 aromatic heterocycles. The van der Waals surface area contributed by atoms with E-state index >= 15 is 0 Å². The highest BCUT2D eigenvalue weighted by molar-refractivity contribution is 7.99. The van der Waals surface area contributed by atoms with E-state index in [9.17, 15) is 0 Å². The van der Waals surface area contributed by atoms with E-state index in [1.807, 2.05) is 61.2 Å². The molecule has 0 saturated heterocycles. The van der Waals surface area contributed by atoms with Gasteiger partial charge in [0, 0.05) is 36.2 Å². The van der Waals surface area contributed by atoms with Crippen molar-refractivity contribution in [2.75, 3.05) is 0 Å². The lowest BCUT2D eigenvalue weighted by atomic mass is 10.3. The molecule has 0 amide bonds. The number of fused-ring (bicyclic) bond motifs is 2. The van der Waals surface area contributed by atoms with Gasteiger partial charge < -0.3 is 19.1 Å². The molecule has 0 spiro atoms. The van der Waals surface area contributed by atoms with Crippen LogP contribution in [0.1, 0.15) is 0 Å². The first-order valence-corrected chi connectivity index (χ1v) is 10.1. The predicted octanol–water partition coefficient (Wildman–Crippen LogP) is 5.17. The molecular weight excluding hydrogens is 380 g/mol. The van der Waals surface area contributed by atoms with Gasteiger partial charge in [0.05, 0.1) is 22.1 Å². The van der Waals surface area contributed by atoms with E-state index in [1.165, 1.54) is 11.8 Å². The fourth-order valence-electron chi connectivity index (χ4n) is 3.47. The summed E-state index contributed by atoms with van der Waals surface area (Å²) in [6.45, 7) is 0. The zero-order valence-electron chi connectivity index (χ0n) is 15.3. The highest BCUT2D eigenvalue weighted by atomic mass is 32.2. The first-order valence-electron chi connectivity index (χ1n) is 9.26. The SMILES string of the molecule is c1ccn(-c2ccc3nc(Sc4nc5ccc(-n6cccc6)cc5[nH]4)[nH]c3c2)c1. The van der Waals surface area contributed by atoms with E-state index in [2.05, 4.69) is 43.4 Å². The van der Waals surface area contributed by atoms with Crippen molar-refractivity contribution in [2.24, 2.45) is 0 Å². The molecule has 6 aromatic rings. The summed E-state index contributed by atoms with van der Waals surface area (Å²) in [5, 5.41) is 1.63. The molecule has 0 bridgehead atoms. The topological polar surface area (TPSA) is 67.2 Å². The average Bonchev–Trinajstić information content (AvgIpc) is 3.53. The summed E-state index contributed by atoms with van der Waals surface area (Å²) >= 11 is 1.50. The Balaban J connectivity index is 1.32. The molecular formula is C22H16N6S. The molecule has 2 aromatic carbocycles. The van der Waals surface area contributed by atoms with Crippen LogP contribution in [0.5, 0.6) is 0 Å². The fourth-order valence-corrected chi connectivity index (χ4v) is 4.26. The lowest BCUT2D eigenvalue weighted by Gasteiger charge is -2.01. The van der Waals surface area contributed by atoms with Gasteiger partial charge in [0.15, 0.2) is 10.3 Å². The van der Waals surface area contributed by atoms with Crippen LogP contribution in [0, 0.1) is 0 Å². The van der Waals surface area contributed by atoms with Crippen molar-refractivity contribution < 1.29 is 0 Å². The Bertz CT molecular complexity index is 1310. The Labute approximate surface area is 170 Å². The smallest absolute Gasteiger partial charge is 0.174 e. The second-order valence-corrected chi connectivity index (χ2v) is 7.75. The maximum atomic E-state index is 4.69. The van der Waals surface area contributed by atoms with Crippen LogP contribution in [-0.2, 0) is 0 Å². The van der Waals surface area contributed by atoms with Crippen molar-refractivity contribution in [2.45, 2.75) is 10.3 Å². The molecule has 140 valence electrons. The molecule has 0 atom stereocenters. The van der Waals surface area contributed by atoms with Gasteiger partial charge in [0.25, 0.3) is 0 Å². The number of rotatable bonds is 4. The maximum absolute atomic E-state index is 4.69. The summed E-state index contributed by atoms with van der Waals surface area (Å²) in [4.78, 5) is 16.2. The Morgan fingerprint density at radius 1 is 0.621 bits per heavy atom. The third kappa shape index (κ3) is 2.92. The van der Waals surface area contributed by atoms with Gasteiger partial charge in [-0.05, 0) is 72.4 Å². The van der Waals surface area contributed by atoms with Crippen LogP contribution < -0.4 is 0 Å². The van der Waals surface area contributed by atoms with Crippen molar-refractivity contribution in [3.63, 3.8) is 0 Å². The summed E-state index contributed by atoms with van der Waals surface area (Å²) in [5.74, 6) is 0. The van der Waals surface area contributed by atoms with Gasteiger partial charge >= 0.3 is 0 Å². The normalized spacial score (nSPS) is 11.6. The van der Waals surface area contributed by atoms with Gasteiger partial charge in [-0.2, -0.15) is 0 Å². The molecule has 29 heavy (non-hydrogen) atoms. The van der Waals surface area contributed by atoms with E-state index in [4.69, 9.17) is 9.97 Å². The van der Waals surface area contributed by atoms with Crippen LogP contribution in [-0.4, -0.2) is 29.1 Å². The maximum Gasteiger partial charge on any atom is 0.174 e. The molecule has 0 fully saturated rings. The number of hydrogen-bond acceptors (Lipinski definition) is 3. The van der Waals surface area contributed by atoms with E-state index in [0.29, 0.717) is 0 Å². The molecule has 7 heteroatoms. The van der Waals surface area contributed by atoms with Crippen molar-refractivity contribution in [3.8, 4) is 11.4 Å². The molecule has 6 nitrogen and oxygen atoms in total. The number of hydrogen-bond donors (Lipinski definition) is 2. The largest absolute Gasteiger partial charge is 0.332 e. The lowest BCUT2D eigenvalue weighted by Crippen LogP contribution is -1.88. The van der Waals surface area contributed by atoms with Crippen LogP contribution in [0.25, 0.3) is 33.4 Å². The van der Waals surface area contributed by atoms with Gasteiger partial charge in [0.1, 0.15) is 0 Å². The molecule has 0 saturated carbocycles. The quantitative estimate of drug-likeness (QED) is 0.432. The summed E-state index contributed by atoms with van der Waals surface area (Å²) in [6.07, 6.45) is 8.13. The number of aromatic amines is 2. The molecule has 0 aliphatic carbocycles. The minimum atomic E-state index is 0.814. The summed E-state index contributed by atoms with van der Waals surface area (Å²) in [7, 11) is 0. The fraction of sp³-hybridized carbons (Fsp3) is 0. The Kier molecular flexibility index (Phi) is 3.60. The van der Waals surface area contributed by atoms with Gasteiger partial charge in [-0.15, -0.1) is 0 Å². The van der Waals surface area contributed by atoms with Gasteiger partial charge in [0.2, 0.25) is 0 Å². The Morgan fingerprint density at radius 2 is 1.07 bits per heavy atom. The lowest BCUT2D eigenvalue weighted by molar-refractivity contribution is 1.03. The van der Waals surface area contributed by atoms with E-state index in [0.717, 1.165) is 43.8 Å². The Hall–Kier alpha value is -3.71. The van der Waals surface area contributed by atoms with E-state index in [-0.39, 0.29) is 0 Å². The minimum absolute atomic E-state index is 0.814. The predicted molar refractivity (Wildman–Crippen MR) is 115 cm³/mol. The average molecular weight is 396 g/mol. The van der Waals surface area contributed by atoms with Gasteiger partial charge in [-0.3, -0.25) is 0 Å². The monoisotopic (exact) mass is 396 g/mol. The van der Waals surface area contributed by atoms with Gasteiger partial charge in [-0.25, -0.2) is 9.97 Å². The number of aromatic nitrogens is 6. The molecule has 2 N–H and O–H groups in total. The van der Waals surface area contributed by atoms with Crippen LogP contribution in [0.15, 0.2) is 95.8 Å². The van der Waals surface area contributed by atoms with Crippen molar-refractivity contribution in [1.82, 2.24) is 29.1 Å². The number of nitrogens with zero attached hydrogens (tertiary/aromatic N) is 4. The zero-order valence-corrected chi connectivity index (χ0v) is 16.1. The van der Waals surface area contributed by atoms with Gasteiger partial charge in [-0.1, -0.05) is 0 Å². The molecule has 0 unspecified atom stereocenters. The number of nitrogens with one attached hydrogen (secondary N) is 2. The van der Waals surface area contributed by atoms with Crippen LogP contribution in [0.3, 0.4) is 0 Å². The highest BCUT2D eigenvalue weighted by Crippen LogP contribution is 2.28. The standard InChI is InChI=1S/C22H16N6S/c1-2-10-27(9-1)15-5-7-17-19(13-15)25-21(23-17)29-22-24-18-8-6-16(14-20(18)26-22)28-11-3-4-12-28/h1-14H,(H,23,25)(H,24,26). The van der Waals surface area contributed by atoms with E-state index < -0.39 is 0 Å². The number of imidazole rings is 2. The second-order valence-electron chi connectivity index (χ2n) is 6.77. The van der Waals surface area contributed by atoms with Crippen LogP contribution >= 0.6 is 11.8 Å². The van der Waals surface area contributed by atoms with E-state index in [1.54, 1.807) is 0 Å². The van der Waals surface area contributed by atoms with Crippen molar-refractivity contribution in [3.05, 3.63) is 85.5 Å². The minimum Gasteiger partial charge on any atom is -0.332 e. The van der Waals surface area contributed by atoms with Crippen LogP contribution in [0.2, 0.25) is 0 Å². The van der Waals surface area contributed by atoms with Crippen molar-refractivity contribution in [1.29, 1.82) is 0 Å². The first kappa shape index (κ1) is 16.3. The third-order valence-electron chi connectivity index (χ3n) is 4.89. The summed E-state index contributed by atoms with van der Waals surface area (Å²) < 4.78 is 4.16. The first-order chi connectivity index (χ1) is 14.3. The zero-order chi connectivity index (χ0) is 19.2. The summed E-state index contributed by atoms with van der Waals surface area (Å²) in [5.41, 5.74) is 6.09. The molecule has 0 aliphatic heterocycles. The molecule has 0 radical (unpaired) electrons. The molecule has 0 aliphatic rings. The second kappa shape index (κ2) is 6.42. The number of H-pyrrole nitrogens is 2. The number of benzene rings is 2. The van der Waals surface area contributed by atoms with Crippen LogP contribution in [0.4, 0.5) is 0 Å².